The predicted octanol–water partition coefficient (Wildman–Crippen LogP) is 0.819. The van der Waals surface area contributed by atoms with Crippen LogP contribution in [0.25, 0.3) is 11.0 Å². The van der Waals surface area contributed by atoms with Crippen molar-refractivity contribution < 1.29 is 9.90 Å². The molecule has 1 atom stereocenters. The molecule has 0 bridgehead atoms. The highest BCUT2D eigenvalue weighted by molar-refractivity contribution is 5.76. The molecule has 26 heavy (non-hydrogen) atoms. The first kappa shape index (κ1) is 18.5. The summed E-state index contributed by atoms with van der Waals surface area (Å²) in [6.45, 7) is 2.43. The third-order valence-corrected chi connectivity index (χ3v) is 4.94. The number of benzene rings is 1. The summed E-state index contributed by atoms with van der Waals surface area (Å²) in [7, 11) is 0. The van der Waals surface area contributed by atoms with Crippen molar-refractivity contribution in [1.29, 1.82) is 0 Å². The quantitative estimate of drug-likeness (QED) is 0.681. The Kier molecular flexibility index (Phi) is 6.35. The summed E-state index contributed by atoms with van der Waals surface area (Å²) in [5.74, 6) is -0.0862. The largest absolute Gasteiger partial charge is 0.395 e. The molecular weight excluding hydrogens is 332 g/mol. The van der Waals surface area contributed by atoms with E-state index in [1.54, 1.807) is 6.07 Å². The normalized spacial score (nSPS) is 18.1. The first-order chi connectivity index (χ1) is 12.7. The third-order valence-electron chi connectivity index (χ3n) is 4.94. The van der Waals surface area contributed by atoms with Gasteiger partial charge in [-0.15, -0.1) is 0 Å². The number of aliphatic hydroxyl groups is 1. The number of carbonyl (C=O) groups excluding carboxylic acids is 1. The average molecular weight is 358 g/mol. The number of H-pyrrole nitrogens is 1. The van der Waals surface area contributed by atoms with E-state index >= 15 is 0 Å². The van der Waals surface area contributed by atoms with E-state index in [1.165, 1.54) is 0 Å². The smallest absolute Gasteiger partial charge is 0.270 e. The summed E-state index contributed by atoms with van der Waals surface area (Å²) in [5, 5.41) is 12.3. The molecule has 7 nitrogen and oxygen atoms in total. The van der Waals surface area contributed by atoms with Crippen molar-refractivity contribution in [3.8, 4) is 0 Å². The molecule has 3 rings (SSSR count). The fourth-order valence-electron chi connectivity index (χ4n) is 3.46. The molecule has 2 heterocycles. The van der Waals surface area contributed by atoms with Gasteiger partial charge in [-0.25, -0.2) is 4.98 Å². The lowest BCUT2D eigenvalue weighted by Crippen LogP contribution is -2.45. The third kappa shape index (κ3) is 4.68. The summed E-state index contributed by atoms with van der Waals surface area (Å²) >= 11 is 0. The standard InChI is InChI=1S/C19H26N4O3/c24-13-14-5-3-4-11-23(14)12-10-20-18(25)9-8-17-19(26)22-16-7-2-1-6-15(16)21-17/h1-2,6-7,14,24H,3-5,8-13H2,(H,20,25)(H,22,26). The van der Waals surface area contributed by atoms with E-state index in [9.17, 15) is 14.7 Å². The van der Waals surface area contributed by atoms with Crippen LogP contribution in [-0.4, -0.2) is 58.2 Å². The Hall–Kier alpha value is -2.25. The number of fused-ring (bicyclic) bond motifs is 1. The first-order valence-electron chi connectivity index (χ1n) is 9.27. The van der Waals surface area contributed by atoms with Crippen molar-refractivity contribution in [3.63, 3.8) is 0 Å². The molecule has 1 aliphatic rings. The zero-order valence-corrected chi connectivity index (χ0v) is 14.9. The molecule has 1 saturated heterocycles. The van der Waals surface area contributed by atoms with Gasteiger partial charge in [-0.1, -0.05) is 18.6 Å². The Labute approximate surface area is 152 Å². The average Bonchev–Trinajstić information content (AvgIpc) is 2.66. The van der Waals surface area contributed by atoms with Crippen LogP contribution < -0.4 is 10.9 Å². The summed E-state index contributed by atoms with van der Waals surface area (Å²) in [5.41, 5.74) is 1.57. The maximum absolute atomic E-state index is 12.1. The van der Waals surface area contributed by atoms with Gasteiger partial charge >= 0.3 is 0 Å². The number of nitrogens with one attached hydrogen (secondary N) is 2. The molecule has 0 radical (unpaired) electrons. The lowest BCUT2D eigenvalue weighted by atomic mass is 10.0. The number of piperidine rings is 1. The first-order valence-corrected chi connectivity index (χ1v) is 9.27. The van der Waals surface area contributed by atoms with Gasteiger partial charge < -0.3 is 15.4 Å². The Morgan fingerprint density at radius 3 is 3.04 bits per heavy atom. The minimum atomic E-state index is -0.240. The minimum Gasteiger partial charge on any atom is -0.395 e. The Balaban J connectivity index is 1.47. The van der Waals surface area contributed by atoms with Gasteiger partial charge in [0.2, 0.25) is 5.91 Å². The highest BCUT2D eigenvalue weighted by Gasteiger charge is 2.21. The maximum atomic E-state index is 12.1. The second kappa shape index (κ2) is 8.91. The van der Waals surface area contributed by atoms with Crippen LogP contribution >= 0.6 is 0 Å². The number of amides is 1. The summed E-state index contributed by atoms with van der Waals surface area (Å²) in [6.07, 6.45) is 3.86. The molecule has 1 aliphatic heterocycles. The molecule has 7 heteroatoms. The summed E-state index contributed by atoms with van der Waals surface area (Å²) in [6, 6.07) is 7.56. The monoisotopic (exact) mass is 358 g/mol. The SMILES string of the molecule is O=C(CCc1nc2ccccc2[nH]c1=O)NCCN1CCCCC1CO. The number of hydrogen-bond acceptors (Lipinski definition) is 5. The molecule has 140 valence electrons. The maximum Gasteiger partial charge on any atom is 0.270 e. The van der Waals surface area contributed by atoms with Gasteiger partial charge in [0.1, 0.15) is 5.69 Å². The molecule has 2 aromatic rings. The predicted molar refractivity (Wildman–Crippen MR) is 100.0 cm³/mol. The lowest BCUT2D eigenvalue weighted by Gasteiger charge is -2.34. The number of hydrogen-bond donors (Lipinski definition) is 3. The van der Waals surface area contributed by atoms with Crippen LogP contribution in [0.1, 0.15) is 31.4 Å². The van der Waals surface area contributed by atoms with Crippen molar-refractivity contribution in [2.24, 2.45) is 0 Å². The van der Waals surface area contributed by atoms with Crippen molar-refractivity contribution in [2.45, 2.75) is 38.1 Å². The van der Waals surface area contributed by atoms with E-state index in [1.807, 2.05) is 18.2 Å². The summed E-state index contributed by atoms with van der Waals surface area (Å²) < 4.78 is 0. The van der Waals surface area contributed by atoms with Crippen LogP contribution in [0.15, 0.2) is 29.1 Å². The second-order valence-corrected chi connectivity index (χ2v) is 6.75. The molecular formula is C19H26N4O3. The molecule has 1 aromatic heterocycles. The topological polar surface area (TPSA) is 98.3 Å². The van der Waals surface area contributed by atoms with Crippen LogP contribution in [0.5, 0.6) is 0 Å². The van der Waals surface area contributed by atoms with Gasteiger partial charge in [0, 0.05) is 32.0 Å². The number of para-hydroxylation sites is 2. The number of nitrogens with zero attached hydrogens (tertiary/aromatic N) is 2. The van der Waals surface area contributed by atoms with E-state index in [4.69, 9.17) is 0 Å². The van der Waals surface area contributed by atoms with E-state index in [0.29, 0.717) is 24.2 Å². The molecule has 3 N–H and O–H groups in total. The molecule has 1 aromatic carbocycles. The number of aryl methyl sites for hydroxylation is 1. The summed E-state index contributed by atoms with van der Waals surface area (Å²) in [4.78, 5) is 33.5. The van der Waals surface area contributed by atoms with E-state index in [2.05, 4.69) is 20.2 Å². The van der Waals surface area contributed by atoms with Crippen LogP contribution in [0.3, 0.4) is 0 Å². The number of aromatic amines is 1. The van der Waals surface area contributed by atoms with Crippen LogP contribution in [0.2, 0.25) is 0 Å². The van der Waals surface area contributed by atoms with Crippen LogP contribution in [0.4, 0.5) is 0 Å². The van der Waals surface area contributed by atoms with Crippen LogP contribution in [-0.2, 0) is 11.2 Å². The fraction of sp³-hybridized carbons (Fsp3) is 0.526. The molecule has 1 fully saturated rings. The van der Waals surface area contributed by atoms with E-state index in [0.717, 1.165) is 37.9 Å². The van der Waals surface area contributed by atoms with E-state index < -0.39 is 0 Å². The molecule has 1 unspecified atom stereocenters. The Bertz CT molecular complexity index is 805. The molecule has 1 amide bonds. The van der Waals surface area contributed by atoms with Crippen LogP contribution in [0, 0.1) is 0 Å². The Morgan fingerprint density at radius 2 is 2.19 bits per heavy atom. The zero-order valence-electron chi connectivity index (χ0n) is 14.9. The highest BCUT2D eigenvalue weighted by Crippen LogP contribution is 2.15. The number of carbonyl (C=O) groups is 1. The second-order valence-electron chi connectivity index (χ2n) is 6.75. The van der Waals surface area contributed by atoms with Gasteiger partial charge in [-0.2, -0.15) is 0 Å². The van der Waals surface area contributed by atoms with Crippen molar-refractivity contribution >= 4 is 16.9 Å². The fourth-order valence-corrected chi connectivity index (χ4v) is 3.46. The van der Waals surface area contributed by atoms with Crippen molar-refractivity contribution in [3.05, 3.63) is 40.3 Å². The Morgan fingerprint density at radius 1 is 1.35 bits per heavy atom. The van der Waals surface area contributed by atoms with Gasteiger partial charge in [-0.05, 0) is 31.5 Å². The zero-order chi connectivity index (χ0) is 18.4. The minimum absolute atomic E-state index is 0.0862. The molecule has 0 aliphatic carbocycles. The number of aliphatic hydroxyl groups excluding tert-OH is 1. The van der Waals surface area contributed by atoms with Gasteiger partial charge in [0.25, 0.3) is 5.56 Å². The van der Waals surface area contributed by atoms with Crippen molar-refractivity contribution in [1.82, 2.24) is 20.2 Å². The molecule has 0 saturated carbocycles. The lowest BCUT2D eigenvalue weighted by molar-refractivity contribution is -0.121. The van der Waals surface area contributed by atoms with Gasteiger partial charge in [0.05, 0.1) is 17.6 Å². The number of aromatic nitrogens is 2. The van der Waals surface area contributed by atoms with Crippen molar-refractivity contribution in [2.75, 3.05) is 26.2 Å². The highest BCUT2D eigenvalue weighted by atomic mass is 16.3. The number of rotatable bonds is 7. The van der Waals surface area contributed by atoms with Gasteiger partial charge in [-0.3, -0.25) is 14.5 Å². The van der Waals surface area contributed by atoms with Gasteiger partial charge in [0.15, 0.2) is 0 Å². The van der Waals surface area contributed by atoms with E-state index in [-0.39, 0.29) is 30.5 Å². The number of likely N-dealkylation sites (tertiary alicyclic amines) is 1. The molecule has 0 spiro atoms.